The van der Waals surface area contributed by atoms with Gasteiger partial charge < -0.3 is 10.1 Å². The minimum Gasteiger partial charge on any atom is -0.379 e. The fourth-order valence-electron chi connectivity index (χ4n) is 4.07. The Hall–Kier alpha value is -2.31. The van der Waals surface area contributed by atoms with Gasteiger partial charge in [0.15, 0.2) is 0 Å². The molecule has 2 aromatic carbocycles. The molecule has 4 rings (SSSR count). The minimum atomic E-state index is -3.82. The lowest BCUT2D eigenvalue weighted by Crippen LogP contribution is -2.43. The van der Waals surface area contributed by atoms with E-state index in [1.54, 1.807) is 31.2 Å². The zero-order chi connectivity index (χ0) is 23.6. The quantitative estimate of drug-likeness (QED) is 0.657. The largest absolute Gasteiger partial charge is 0.379 e. The third-order valence-corrected chi connectivity index (χ3v) is 9.75. The van der Waals surface area contributed by atoms with Crippen molar-refractivity contribution in [1.82, 2.24) is 8.61 Å². The van der Waals surface area contributed by atoms with Crippen LogP contribution in [0.1, 0.15) is 18.4 Å². The number of carbonyl (C=O) groups is 1. The highest BCUT2D eigenvalue weighted by molar-refractivity contribution is 7.89. The Bertz CT molecular complexity index is 1230. The van der Waals surface area contributed by atoms with Gasteiger partial charge in [0.25, 0.3) is 0 Å². The van der Waals surface area contributed by atoms with Crippen molar-refractivity contribution >= 4 is 31.6 Å². The number of ether oxygens (including phenoxy) is 1. The summed E-state index contributed by atoms with van der Waals surface area (Å²) in [6.45, 7) is 3.22. The van der Waals surface area contributed by atoms with Crippen LogP contribution in [0.3, 0.4) is 0 Å². The highest BCUT2D eigenvalue weighted by atomic mass is 32.2. The molecule has 2 heterocycles. The van der Waals surface area contributed by atoms with E-state index < -0.39 is 32.0 Å². The molecule has 0 bridgehead atoms. The van der Waals surface area contributed by atoms with Crippen LogP contribution in [0.25, 0.3) is 0 Å². The molecule has 2 saturated heterocycles. The molecular weight excluding hydrogens is 466 g/mol. The molecule has 2 aliphatic rings. The van der Waals surface area contributed by atoms with Crippen LogP contribution in [-0.4, -0.2) is 70.2 Å². The fraction of sp³-hybridized carbons (Fsp3) is 0.409. The number of rotatable bonds is 6. The zero-order valence-electron chi connectivity index (χ0n) is 18.3. The van der Waals surface area contributed by atoms with E-state index in [1.165, 1.54) is 32.9 Å². The first-order chi connectivity index (χ1) is 15.7. The van der Waals surface area contributed by atoms with Crippen LogP contribution in [0.15, 0.2) is 58.3 Å². The van der Waals surface area contributed by atoms with Crippen molar-refractivity contribution in [2.24, 2.45) is 0 Å². The van der Waals surface area contributed by atoms with E-state index in [1.807, 2.05) is 0 Å². The van der Waals surface area contributed by atoms with Gasteiger partial charge in [-0.05, 0) is 49.6 Å². The minimum absolute atomic E-state index is 0.0745. The predicted molar refractivity (Wildman–Crippen MR) is 123 cm³/mol. The van der Waals surface area contributed by atoms with Gasteiger partial charge in [0, 0.05) is 25.3 Å². The Labute approximate surface area is 194 Å². The molecule has 1 N–H and O–H groups in total. The van der Waals surface area contributed by atoms with Gasteiger partial charge in [-0.15, -0.1) is 0 Å². The molecular formula is C22H27N3O6S2. The summed E-state index contributed by atoms with van der Waals surface area (Å²) in [5.74, 6) is -0.476. The van der Waals surface area contributed by atoms with Crippen LogP contribution < -0.4 is 5.32 Å². The highest BCUT2D eigenvalue weighted by Crippen LogP contribution is 2.28. The number of morpholine rings is 1. The second-order valence-corrected chi connectivity index (χ2v) is 11.9. The van der Waals surface area contributed by atoms with Gasteiger partial charge >= 0.3 is 0 Å². The van der Waals surface area contributed by atoms with Gasteiger partial charge in [-0.2, -0.15) is 8.61 Å². The maximum atomic E-state index is 13.1. The summed E-state index contributed by atoms with van der Waals surface area (Å²) in [5.41, 5.74) is 1.03. The lowest BCUT2D eigenvalue weighted by atomic mass is 10.1. The average molecular weight is 494 g/mol. The molecule has 0 spiro atoms. The summed E-state index contributed by atoms with van der Waals surface area (Å²) < 4.78 is 60.0. The first-order valence-electron chi connectivity index (χ1n) is 10.8. The predicted octanol–water partition coefficient (Wildman–Crippen LogP) is 1.81. The maximum Gasteiger partial charge on any atom is 0.243 e. The Morgan fingerprint density at radius 2 is 1.64 bits per heavy atom. The number of anilines is 1. The van der Waals surface area contributed by atoms with Gasteiger partial charge in [-0.3, -0.25) is 4.79 Å². The smallest absolute Gasteiger partial charge is 0.243 e. The topological polar surface area (TPSA) is 113 Å². The molecule has 0 aliphatic carbocycles. The van der Waals surface area contributed by atoms with Gasteiger partial charge in [-0.1, -0.05) is 24.3 Å². The molecule has 0 aromatic heterocycles. The molecule has 0 saturated carbocycles. The molecule has 9 nitrogen and oxygen atoms in total. The third kappa shape index (κ3) is 4.82. The molecule has 11 heteroatoms. The summed E-state index contributed by atoms with van der Waals surface area (Å²) in [6, 6.07) is 11.7. The van der Waals surface area contributed by atoms with Crippen molar-refractivity contribution in [3.63, 3.8) is 0 Å². The molecule has 2 aliphatic heterocycles. The van der Waals surface area contributed by atoms with E-state index in [4.69, 9.17) is 4.74 Å². The van der Waals surface area contributed by atoms with Crippen molar-refractivity contribution in [2.45, 2.75) is 35.6 Å². The van der Waals surface area contributed by atoms with Crippen LogP contribution >= 0.6 is 0 Å². The van der Waals surface area contributed by atoms with Gasteiger partial charge in [0.2, 0.25) is 26.0 Å². The Morgan fingerprint density at radius 1 is 0.939 bits per heavy atom. The van der Waals surface area contributed by atoms with Gasteiger partial charge in [0.1, 0.15) is 6.04 Å². The molecule has 1 unspecified atom stereocenters. The van der Waals surface area contributed by atoms with E-state index >= 15 is 0 Å². The van der Waals surface area contributed by atoms with Gasteiger partial charge in [-0.25, -0.2) is 16.8 Å². The molecule has 2 fully saturated rings. The fourth-order valence-corrected chi connectivity index (χ4v) is 7.18. The summed E-state index contributed by atoms with van der Waals surface area (Å²) in [4.78, 5) is 13.3. The summed E-state index contributed by atoms with van der Waals surface area (Å²) in [7, 11) is -7.55. The molecule has 1 atom stereocenters. The zero-order valence-corrected chi connectivity index (χ0v) is 19.9. The van der Waals surface area contributed by atoms with Crippen molar-refractivity contribution < 1.29 is 26.4 Å². The third-order valence-electron chi connectivity index (χ3n) is 5.93. The van der Waals surface area contributed by atoms with E-state index in [0.717, 1.165) is 0 Å². The molecule has 1 amide bonds. The van der Waals surface area contributed by atoms with Gasteiger partial charge in [0.05, 0.1) is 23.0 Å². The Kier molecular flexibility index (Phi) is 6.87. The summed E-state index contributed by atoms with van der Waals surface area (Å²) >= 11 is 0. The monoisotopic (exact) mass is 493 g/mol. The number of aryl methyl sites for hydroxylation is 1. The second kappa shape index (κ2) is 9.51. The maximum absolute atomic E-state index is 13.1. The van der Waals surface area contributed by atoms with Crippen molar-refractivity contribution in [1.29, 1.82) is 0 Å². The van der Waals surface area contributed by atoms with E-state index in [2.05, 4.69) is 5.32 Å². The van der Waals surface area contributed by atoms with Crippen molar-refractivity contribution in [2.75, 3.05) is 38.2 Å². The average Bonchev–Trinajstić information content (AvgIpc) is 3.33. The van der Waals surface area contributed by atoms with Crippen molar-refractivity contribution in [3.05, 3.63) is 54.1 Å². The lowest BCUT2D eigenvalue weighted by Gasteiger charge is -2.26. The summed E-state index contributed by atoms with van der Waals surface area (Å²) in [5, 5.41) is 2.77. The summed E-state index contributed by atoms with van der Waals surface area (Å²) in [6.07, 6.45) is 0.956. The molecule has 178 valence electrons. The number of benzene rings is 2. The first-order valence-corrected chi connectivity index (χ1v) is 13.7. The highest BCUT2D eigenvalue weighted by Gasteiger charge is 2.39. The number of nitrogens with zero attached hydrogens (tertiary/aromatic N) is 2. The number of hydrogen-bond acceptors (Lipinski definition) is 6. The van der Waals surface area contributed by atoms with Crippen LogP contribution in [0, 0.1) is 6.92 Å². The molecule has 33 heavy (non-hydrogen) atoms. The normalized spacial score (nSPS) is 20.6. The van der Waals surface area contributed by atoms with Crippen molar-refractivity contribution in [3.8, 4) is 0 Å². The van der Waals surface area contributed by atoms with Crippen LogP contribution in [-0.2, 0) is 29.6 Å². The first kappa shape index (κ1) is 23.8. The van der Waals surface area contributed by atoms with E-state index in [0.29, 0.717) is 37.3 Å². The van der Waals surface area contributed by atoms with E-state index in [-0.39, 0.29) is 29.4 Å². The number of hydrogen-bond donors (Lipinski definition) is 1. The van der Waals surface area contributed by atoms with Crippen LogP contribution in [0.2, 0.25) is 0 Å². The Morgan fingerprint density at radius 3 is 2.33 bits per heavy atom. The SMILES string of the molecule is Cc1ccc(S(=O)(=O)N2CCOCC2)cc1NC(=O)C1CCCN1S(=O)(=O)c1ccccc1. The molecule has 2 aromatic rings. The second-order valence-electron chi connectivity index (χ2n) is 8.07. The van der Waals surface area contributed by atoms with Crippen LogP contribution in [0.4, 0.5) is 5.69 Å². The standard InChI is InChI=1S/C22H27N3O6S2/c1-17-9-10-19(32(27,28)24-12-14-31-15-13-24)16-20(17)23-22(26)21-8-5-11-25(21)33(29,30)18-6-3-2-4-7-18/h2-4,6-7,9-10,16,21H,5,8,11-15H2,1H3,(H,23,26). The molecule has 0 radical (unpaired) electrons. The number of nitrogens with one attached hydrogen (secondary N) is 1. The van der Waals surface area contributed by atoms with E-state index in [9.17, 15) is 21.6 Å². The lowest BCUT2D eigenvalue weighted by molar-refractivity contribution is -0.119. The number of amides is 1. The van der Waals surface area contributed by atoms with Crippen LogP contribution in [0.5, 0.6) is 0 Å². The number of sulfonamides is 2. The Balaban J connectivity index is 1.56. The number of carbonyl (C=O) groups excluding carboxylic acids is 1.